The summed E-state index contributed by atoms with van der Waals surface area (Å²) in [5, 5.41) is 7.19. The van der Waals surface area contributed by atoms with Gasteiger partial charge in [0.2, 0.25) is 11.8 Å². The first kappa shape index (κ1) is 16.0. The molecule has 0 aromatic carbocycles. The smallest absolute Gasteiger partial charge is 0.230 e. The van der Waals surface area contributed by atoms with Crippen molar-refractivity contribution in [3.05, 3.63) is 41.8 Å². The molecule has 0 bridgehead atoms. The molecule has 0 spiro atoms. The van der Waals surface area contributed by atoms with Crippen LogP contribution in [0.2, 0.25) is 0 Å². The average Bonchev–Trinajstić information content (AvgIpc) is 3.18. The van der Waals surface area contributed by atoms with E-state index in [4.69, 9.17) is 4.52 Å². The van der Waals surface area contributed by atoms with Crippen molar-refractivity contribution in [1.29, 1.82) is 0 Å². The van der Waals surface area contributed by atoms with Gasteiger partial charge in [-0.3, -0.25) is 9.78 Å². The molecule has 23 heavy (non-hydrogen) atoms. The third-order valence-electron chi connectivity index (χ3n) is 4.04. The van der Waals surface area contributed by atoms with Crippen molar-refractivity contribution in [3.8, 4) is 0 Å². The fraction of sp³-hybridized carbons (Fsp3) is 0.500. The lowest BCUT2D eigenvalue weighted by Gasteiger charge is -2.26. The Kier molecular flexibility index (Phi) is 4.95. The van der Waals surface area contributed by atoms with E-state index in [1.54, 1.807) is 31.1 Å². The van der Waals surface area contributed by atoms with E-state index < -0.39 is 5.54 Å². The maximum Gasteiger partial charge on any atom is 0.230 e. The van der Waals surface area contributed by atoms with Crippen LogP contribution in [0.5, 0.6) is 0 Å². The van der Waals surface area contributed by atoms with E-state index in [2.05, 4.69) is 20.4 Å². The molecule has 7 heteroatoms. The standard InChI is InChI=1S/C16H20N4O2S/c1-12-18-15(20-22-12)16(6-2-3-7-16)19-14(21)11-23-10-13-4-8-17-9-5-13/h4-5,8-9H,2-3,6-7,10-11H2,1H3,(H,19,21). The Labute approximate surface area is 139 Å². The Morgan fingerprint density at radius 1 is 1.35 bits per heavy atom. The third-order valence-corrected chi connectivity index (χ3v) is 5.05. The summed E-state index contributed by atoms with van der Waals surface area (Å²) >= 11 is 1.59. The van der Waals surface area contributed by atoms with Gasteiger partial charge in [-0.1, -0.05) is 18.0 Å². The lowest BCUT2D eigenvalue weighted by Crippen LogP contribution is -2.45. The first-order valence-corrected chi connectivity index (χ1v) is 8.92. The van der Waals surface area contributed by atoms with Gasteiger partial charge in [-0.05, 0) is 30.5 Å². The zero-order valence-corrected chi connectivity index (χ0v) is 13.9. The number of hydrogen-bond acceptors (Lipinski definition) is 6. The molecule has 1 fully saturated rings. The van der Waals surface area contributed by atoms with Crippen LogP contribution in [0.15, 0.2) is 29.0 Å². The molecular weight excluding hydrogens is 312 g/mol. The minimum atomic E-state index is -0.452. The van der Waals surface area contributed by atoms with Crippen molar-refractivity contribution >= 4 is 17.7 Å². The highest BCUT2D eigenvalue weighted by atomic mass is 32.2. The molecule has 1 aliphatic rings. The fourth-order valence-corrected chi connectivity index (χ4v) is 3.71. The molecule has 6 nitrogen and oxygen atoms in total. The van der Waals surface area contributed by atoms with Gasteiger partial charge in [0.15, 0.2) is 5.82 Å². The zero-order valence-electron chi connectivity index (χ0n) is 13.1. The molecule has 0 radical (unpaired) electrons. The minimum absolute atomic E-state index is 0.0217. The Bertz CT molecular complexity index is 653. The number of aryl methyl sites for hydroxylation is 1. The number of nitrogens with one attached hydrogen (secondary N) is 1. The zero-order chi connectivity index (χ0) is 16.1. The monoisotopic (exact) mass is 332 g/mol. The molecule has 1 saturated carbocycles. The van der Waals surface area contributed by atoms with E-state index in [0.717, 1.165) is 31.4 Å². The Hall–Kier alpha value is -1.89. The highest BCUT2D eigenvalue weighted by Gasteiger charge is 2.41. The highest BCUT2D eigenvalue weighted by Crippen LogP contribution is 2.37. The molecule has 2 aromatic heterocycles. The lowest BCUT2D eigenvalue weighted by molar-refractivity contribution is -0.120. The molecule has 2 heterocycles. The van der Waals surface area contributed by atoms with Crippen LogP contribution >= 0.6 is 11.8 Å². The van der Waals surface area contributed by atoms with E-state index in [1.165, 1.54) is 5.56 Å². The summed E-state index contributed by atoms with van der Waals surface area (Å²) in [7, 11) is 0. The summed E-state index contributed by atoms with van der Waals surface area (Å²) in [4.78, 5) is 20.7. The fourth-order valence-electron chi connectivity index (χ4n) is 2.92. The second-order valence-electron chi connectivity index (χ2n) is 5.82. The van der Waals surface area contributed by atoms with Gasteiger partial charge in [0.1, 0.15) is 5.54 Å². The van der Waals surface area contributed by atoms with Crippen molar-refractivity contribution in [1.82, 2.24) is 20.4 Å². The SMILES string of the molecule is Cc1nc(C2(NC(=O)CSCc3ccncc3)CCCC2)no1. The Morgan fingerprint density at radius 3 is 2.74 bits per heavy atom. The van der Waals surface area contributed by atoms with Gasteiger partial charge in [-0.15, -0.1) is 11.8 Å². The number of thioether (sulfide) groups is 1. The predicted molar refractivity (Wildman–Crippen MR) is 87.7 cm³/mol. The van der Waals surface area contributed by atoms with Crippen LogP contribution in [-0.4, -0.2) is 26.8 Å². The third kappa shape index (κ3) is 3.90. The van der Waals surface area contributed by atoms with Gasteiger partial charge >= 0.3 is 0 Å². The molecule has 3 rings (SSSR count). The molecule has 1 N–H and O–H groups in total. The molecular formula is C16H20N4O2S. The predicted octanol–water partition coefficient (Wildman–Crippen LogP) is 2.59. The number of aromatic nitrogens is 3. The molecule has 122 valence electrons. The number of pyridine rings is 1. The van der Waals surface area contributed by atoms with Crippen LogP contribution in [0.3, 0.4) is 0 Å². The summed E-state index contributed by atoms with van der Waals surface area (Å²) < 4.78 is 5.10. The van der Waals surface area contributed by atoms with Gasteiger partial charge in [0.25, 0.3) is 0 Å². The van der Waals surface area contributed by atoms with Crippen LogP contribution in [0.1, 0.15) is 43.0 Å². The Balaban J connectivity index is 1.57. The molecule has 0 unspecified atom stereocenters. The number of carbonyl (C=O) groups is 1. The Morgan fingerprint density at radius 2 is 2.09 bits per heavy atom. The van der Waals surface area contributed by atoms with Gasteiger partial charge in [0, 0.05) is 25.1 Å². The van der Waals surface area contributed by atoms with E-state index in [9.17, 15) is 4.79 Å². The first-order valence-electron chi connectivity index (χ1n) is 7.76. The molecule has 0 saturated heterocycles. The van der Waals surface area contributed by atoms with Crippen molar-refractivity contribution in [2.75, 3.05) is 5.75 Å². The van der Waals surface area contributed by atoms with Crippen LogP contribution < -0.4 is 5.32 Å². The van der Waals surface area contributed by atoms with Gasteiger partial charge in [-0.25, -0.2) is 0 Å². The van der Waals surface area contributed by atoms with Crippen LogP contribution in [0.4, 0.5) is 0 Å². The van der Waals surface area contributed by atoms with E-state index in [0.29, 0.717) is 17.5 Å². The normalized spacial score (nSPS) is 16.4. The number of rotatable bonds is 6. The highest BCUT2D eigenvalue weighted by molar-refractivity contribution is 7.99. The number of nitrogens with zero attached hydrogens (tertiary/aromatic N) is 3. The summed E-state index contributed by atoms with van der Waals surface area (Å²) in [6.07, 6.45) is 7.40. The topological polar surface area (TPSA) is 80.9 Å². The van der Waals surface area contributed by atoms with Gasteiger partial charge < -0.3 is 9.84 Å². The molecule has 0 atom stereocenters. The van der Waals surface area contributed by atoms with Crippen molar-refractivity contribution < 1.29 is 9.32 Å². The van der Waals surface area contributed by atoms with Crippen molar-refractivity contribution in [2.45, 2.75) is 43.9 Å². The summed E-state index contributed by atoms with van der Waals surface area (Å²) in [6.45, 7) is 1.77. The summed E-state index contributed by atoms with van der Waals surface area (Å²) in [6, 6.07) is 3.93. The summed E-state index contributed by atoms with van der Waals surface area (Å²) in [5.41, 5.74) is 0.716. The van der Waals surface area contributed by atoms with Gasteiger partial charge in [0.05, 0.1) is 5.75 Å². The van der Waals surface area contributed by atoms with E-state index in [1.807, 2.05) is 12.1 Å². The van der Waals surface area contributed by atoms with E-state index >= 15 is 0 Å². The maximum atomic E-state index is 12.3. The maximum absolute atomic E-state index is 12.3. The van der Waals surface area contributed by atoms with Crippen LogP contribution in [0, 0.1) is 6.92 Å². The number of carbonyl (C=O) groups excluding carboxylic acids is 1. The molecule has 1 amide bonds. The quantitative estimate of drug-likeness (QED) is 0.876. The molecule has 1 aliphatic carbocycles. The lowest BCUT2D eigenvalue weighted by atomic mass is 9.96. The first-order chi connectivity index (χ1) is 11.2. The number of hydrogen-bond donors (Lipinski definition) is 1. The molecule has 2 aromatic rings. The average molecular weight is 332 g/mol. The summed E-state index contributed by atoms with van der Waals surface area (Å²) in [5.74, 6) is 2.38. The van der Waals surface area contributed by atoms with Crippen molar-refractivity contribution in [2.24, 2.45) is 0 Å². The minimum Gasteiger partial charge on any atom is -0.343 e. The van der Waals surface area contributed by atoms with E-state index in [-0.39, 0.29) is 5.91 Å². The van der Waals surface area contributed by atoms with Crippen LogP contribution in [0.25, 0.3) is 0 Å². The van der Waals surface area contributed by atoms with Crippen LogP contribution in [-0.2, 0) is 16.1 Å². The largest absolute Gasteiger partial charge is 0.343 e. The second-order valence-corrected chi connectivity index (χ2v) is 6.81. The molecule has 0 aliphatic heterocycles. The number of amides is 1. The second kappa shape index (κ2) is 7.12. The van der Waals surface area contributed by atoms with Crippen molar-refractivity contribution in [3.63, 3.8) is 0 Å². The van der Waals surface area contributed by atoms with Gasteiger partial charge in [-0.2, -0.15) is 4.98 Å².